The number of aromatic nitrogens is 2. The number of hydrogen-bond donors (Lipinski definition) is 2. The van der Waals surface area contributed by atoms with Gasteiger partial charge in [-0.3, -0.25) is 0 Å². The van der Waals surface area contributed by atoms with Crippen LogP contribution in [-0.2, 0) is 13.0 Å². The lowest BCUT2D eigenvalue weighted by atomic mass is 10.2. The largest absolute Gasteiger partial charge is 0.478 e. The molecule has 2 rings (SSSR count). The van der Waals surface area contributed by atoms with Crippen LogP contribution in [0.25, 0.3) is 0 Å². The maximum absolute atomic E-state index is 11.0. The summed E-state index contributed by atoms with van der Waals surface area (Å²) >= 11 is 5.75. The molecule has 0 atom stereocenters. The summed E-state index contributed by atoms with van der Waals surface area (Å²) in [6.45, 7) is 2.20. The van der Waals surface area contributed by atoms with Gasteiger partial charge in [0.1, 0.15) is 22.3 Å². The van der Waals surface area contributed by atoms with E-state index in [2.05, 4.69) is 15.3 Å². The molecule has 0 radical (unpaired) electrons. The molecule has 0 aliphatic heterocycles. The van der Waals surface area contributed by atoms with Crippen molar-refractivity contribution in [3.05, 3.63) is 40.7 Å². The van der Waals surface area contributed by atoms with Crippen molar-refractivity contribution >= 4 is 23.4 Å². The summed E-state index contributed by atoms with van der Waals surface area (Å²) in [7, 11) is 0. The number of pyridine rings is 1. The summed E-state index contributed by atoms with van der Waals surface area (Å²) in [5.74, 6) is 0.355. The second kappa shape index (κ2) is 5.71. The molecule has 2 N–H and O–H groups in total. The Balaban J connectivity index is 2.14. The van der Waals surface area contributed by atoms with Gasteiger partial charge in [0, 0.05) is 6.42 Å². The third-order valence-electron chi connectivity index (χ3n) is 2.45. The van der Waals surface area contributed by atoms with Crippen molar-refractivity contribution in [3.8, 4) is 0 Å². The third-order valence-corrected chi connectivity index (χ3v) is 2.66. The molecule has 6 nitrogen and oxygen atoms in total. The van der Waals surface area contributed by atoms with Gasteiger partial charge in [0.05, 0.1) is 12.7 Å². The van der Waals surface area contributed by atoms with Crippen LogP contribution in [0.5, 0.6) is 0 Å². The Kier molecular flexibility index (Phi) is 4.01. The van der Waals surface area contributed by atoms with E-state index in [4.69, 9.17) is 21.1 Å². The summed E-state index contributed by atoms with van der Waals surface area (Å²) in [5, 5.41) is 12.1. The molecular weight excluding hydrogens is 270 g/mol. The fourth-order valence-corrected chi connectivity index (χ4v) is 1.64. The molecule has 2 aromatic heterocycles. The smallest absolute Gasteiger partial charge is 0.339 e. The molecule has 0 saturated carbocycles. The van der Waals surface area contributed by atoms with Crippen molar-refractivity contribution in [2.24, 2.45) is 0 Å². The van der Waals surface area contributed by atoms with E-state index in [1.807, 2.05) is 6.92 Å². The van der Waals surface area contributed by atoms with Crippen LogP contribution in [0, 0.1) is 0 Å². The highest BCUT2D eigenvalue weighted by atomic mass is 35.5. The Morgan fingerprint density at radius 3 is 2.95 bits per heavy atom. The number of carbonyl (C=O) groups is 1. The molecule has 0 amide bonds. The van der Waals surface area contributed by atoms with Gasteiger partial charge in [-0.05, 0) is 12.1 Å². The number of nitrogens with one attached hydrogen (secondary N) is 1. The maximum atomic E-state index is 11.0. The Hall–Kier alpha value is -2.08. The van der Waals surface area contributed by atoms with Gasteiger partial charge in [0.25, 0.3) is 0 Å². The number of rotatable bonds is 5. The predicted octanol–water partition coefficient (Wildman–Crippen LogP) is 2.60. The number of anilines is 1. The average Bonchev–Trinajstić information content (AvgIpc) is 2.84. The molecule has 0 fully saturated rings. The number of aryl methyl sites for hydroxylation is 1. The van der Waals surface area contributed by atoms with Crippen molar-refractivity contribution in [2.45, 2.75) is 19.9 Å². The number of oxazole rings is 1. The van der Waals surface area contributed by atoms with Crippen LogP contribution < -0.4 is 5.32 Å². The molecule has 0 saturated heterocycles. The zero-order valence-corrected chi connectivity index (χ0v) is 10.9. The first-order chi connectivity index (χ1) is 9.10. The molecule has 0 aliphatic carbocycles. The van der Waals surface area contributed by atoms with E-state index >= 15 is 0 Å². The topological polar surface area (TPSA) is 88.2 Å². The van der Waals surface area contributed by atoms with Gasteiger partial charge >= 0.3 is 5.97 Å². The van der Waals surface area contributed by atoms with E-state index in [-0.39, 0.29) is 23.1 Å². The average molecular weight is 282 g/mol. The van der Waals surface area contributed by atoms with Crippen LogP contribution >= 0.6 is 11.6 Å². The molecule has 0 unspecified atom stereocenters. The molecule has 100 valence electrons. The van der Waals surface area contributed by atoms with E-state index in [0.29, 0.717) is 5.89 Å². The van der Waals surface area contributed by atoms with Crippen LogP contribution in [-0.4, -0.2) is 21.0 Å². The van der Waals surface area contributed by atoms with E-state index in [9.17, 15) is 4.79 Å². The van der Waals surface area contributed by atoms with Crippen LogP contribution in [0.1, 0.15) is 28.9 Å². The summed E-state index contributed by atoms with van der Waals surface area (Å²) < 4.78 is 5.40. The first-order valence-electron chi connectivity index (χ1n) is 5.67. The van der Waals surface area contributed by atoms with Gasteiger partial charge in [-0.2, -0.15) is 0 Å². The quantitative estimate of drug-likeness (QED) is 0.819. The van der Waals surface area contributed by atoms with Crippen molar-refractivity contribution in [3.63, 3.8) is 0 Å². The molecule has 7 heteroatoms. The Morgan fingerprint density at radius 2 is 2.32 bits per heavy atom. The molecule has 2 aromatic rings. The van der Waals surface area contributed by atoms with Crippen LogP contribution in [0.2, 0.25) is 5.15 Å². The van der Waals surface area contributed by atoms with E-state index in [0.717, 1.165) is 12.2 Å². The lowest BCUT2D eigenvalue weighted by molar-refractivity contribution is 0.0697. The fourth-order valence-electron chi connectivity index (χ4n) is 1.50. The number of nitrogens with zero attached hydrogens (tertiary/aromatic N) is 2. The monoisotopic (exact) mass is 281 g/mol. The Bertz CT molecular complexity index is 598. The Morgan fingerprint density at radius 1 is 1.53 bits per heavy atom. The molecule has 2 heterocycles. The lowest BCUT2D eigenvalue weighted by Gasteiger charge is -2.06. The van der Waals surface area contributed by atoms with Gasteiger partial charge in [0.2, 0.25) is 5.89 Å². The molecule has 0 aliphatic rings. The first-order valence-corrected chi connectivity index (χ1v) is 6.05. The summed E-state index contributed by atoms with van der Waals surface area (Å²) in [6, 6.07) is 2.82. The van der Waals surface area contributed by atoms with Crippen molar-refractivity contribution in [1.29, 1.82) is 0 Å². The highest BCUT2D eigenvalue weighted by molar-refractivity contribution is 6.29. The molecule has 0 aromatic carbocycles. The molecule has 19 heavy (non-hydrogen) atoms. The van der Waals surface area contributed by atoms with Crippen LogP contribution in [0.3, 0.4) is 0 Å². The number of halogens is 1. The minimum absolute atomic E-state index is 0.0478. The van der Waals surface area contributed by atoms with Gasteiger partial charge < -0.3 is 14.8 Å². The number of carboxylic acid groups (broad SMARTS) is 1. The number of aromatic carboxylic acids is 1. The zero-order chi connectivity index (χ0) is 13.8. The molecule has 0 bridgehead atoms. The molecule has 0 spiro atoms. The second-order valence-corrected chi connectivity index (χ2v) is 4.15. The highest BCUT2D eigenvalue weighted by Crippen LogP contribution is 2.17. The lowest BCUT2D eigenvalue weighted by Crippen LogP contribution is -2.08. The summed E-state index contributed by atoms with van der Waals surface area (Å²) in [6.07, 6.45) is 2.39. The van der Waals surface area contributed by atoms with Gasteiger partial charge in [-0.1, -0.05) is 18.5 Å². The second-order valence-electron chi connectivity index (χ2n) is 3.76. The van der Waals surface area contributed by atoms with Gasteiger partial charge in [-0.25, -0.2) is 14.8 Å². The van der Waals surface area contributed by atoms with Crippen molar-refractivity contribution < 1.29 is 14.3 Å². The summed E-state index contributed by atoms with van der Waals surface area (Å²) in [4.78, 5) is 19.0. The predicted molar refractivity (Wildman–Crippen MR) is 69.4 cm³/mol. The minimum Gasteiger partial charge on any atom is -0.478 e. The van der Waals surface area contributed by atoms with Gasteiger partial charge in [-0.15, -0.1) is 0 Å². The van der Waals surface area contributed by atoms with Crippen molar-refractivity contribution in [2.75, 3.05) is 5.32 Å². The SMILES string of the molecule is CCc1cnc(CNc2nc(Cl)ccc2C(=O)O)o1. The molecular formula is C12H12ClN3O3. The van der Waals surface area contributed by atoms with Gasteiger partial charge in [0.15, 0.2) is 0 Å². The first kappa shape index (κ1) is 13.4. The fraction of sp³-hybridized carbons (Fsp3) is 0.250. The summed E-state index contributed by atoms with van der Waals surface area (Å²) in [5.41, 5.74) is 0.0478. The normalized spacial score (nSPS) is 10.4. The maximum Gasteiger partial charge on any atom is 0.339 e. The highest BCUT2D eigenvalue weighted by Gasteiger charge is 2.12. The number of hydrogen-bond acceptors (Lipinski definition) is 5. The van der Waals surface area contributed by atoms with Crippen LogP contribution in [0.15, 0.2) is 22.7 Å². The van der Waals surface area contributed by atoms with Crippen LogP contribution in [0.4, 0.5) is 5.82 Å². The number of carboxylic acids is 1. The van der Waals surface area contributed by atoms with Crippen molar-refractivity contribution in [1.82, 2.24) is 9.97 Å². The standard InChI is InChI=1S/C12H12ClN3O3/c1-2-7-5-14-10(19-7)6-15-11-8(12(17)18)3-4-9(13)16-11/h3-5H,2,6H2,1H3,(H,15,16)(H,17,18). The minimum atomic E-state index is -1.08. The van der Waals surface area contributed by atoms with E-state index < -0.39 is 5.97 Å². The van der Waals surface area contributed by atoms with E-state index in [1.165, 1.54) is 12.1 Å². The Labute approximate surface area is 114 Å². The zero-order valence-electron chi connectivity index (χ0n) is 10.2. The third kappa shape index (κ3) is 3.23. The van der Waals surface area contributed by atoms with E-state index in [1.54, 1.807) is 6.20 Å².